The third-order valence-electron chi connectivity index (χ3n) is 1.81. The van der Waals surface area contributed by atoms with E-state index in [-0.39, 0.29) is 11.3 Å². The van der Waals surface area contributed by atoms with E-state index in [0.29, 0.717) is 0 Å². The minimum absolute atomic E-state index is 0.108. The van der Waals surface area contributed by atoms with E-state index in [1.54, 1.807) is 13.0 Å². The SMILES string of the molecule is CC.CC(=O)C1=CCC(C)(N)C=C1. The van der Waals surface area contributed by atoms with Gasteiger partial charge in [-0.2, -0.15) is 0 Å². The van der Waals surface area contributed by atoms with Gasteiger partial charge in [-0.15, -0.1) is 0 Å². The van der Waals surface area contributed by atoms with Crippen molar-refractivity contribution in [2.75, 3.05) is 0 Å². The Morgan fingerprint density at radius 1 is 1.54 bits per heavy atom. The summed E-state index contributed by atoms with van der Waals surface area (Å²) in [5.41, 5.74) is 6.30. The van der Waals surface area contributed by atoms with Crippen molar-refractivity contribution < 1.29 is 4.79 Å². The summed E-state index contributed by atoms with van der Waals surface area (Å²) in [4.78, 5) is 10.8. The van der Waals surface area contributed by atoms with Gasteiger partial charge < -0.3 is 5.73 Å². The van der Waals surface area contributed by atoms with Crippen LogP contribution in [0.1, 0.15) is 34.1 Å². The molecule has 13 heavy (non-hydrogen) atoms. The largest absolute Gasteiger partial charge is 0.322 e. The predicted molar refractivity (Wildman–Crippen MR) is 56.5 cm³/mol. The monoisotopic (exact) mass is 181 g/mol. The molecule has 0 bridgehead atoms. The molecule has 2 nitrogen and oxygen atoms in total. The van der Waals surface area contributed by atoms with Gasteiger partial charge in [0.1, 0.15) is 0 Å². The average molecular weight is 181 g/mol. The van der Waals surface area contributed by atoms with Crippen molar-refractivity contribution in [1.82, 2.24) is 0 Å². The zero-order valence-electron chi connectivity index (χ0n) is 8.92. The second-order valence-corrected chi connectivity index (χ2v) is 3.26. The highest BCUT2D eigenvalue weighted by Crippen LogP contribution is 2.17. The average Bonchev–Trinajstić information content (AvgIpc) is 2.07. The van der Waals surface area contributed by atoms with Crippen LogP contribution in [0.2, 0.25) is 0 Å². The second kappa shape index (κ2) is 4.97. The van der Waals surface area contributed by atoms with Crippen molar-refractivity contribution in [3.8, 4) is 0 Å². The Morgan fingerprint density at radius 2 is 2.08 bits per heavy atom. The topological polar surface area (TPSA) is 43.1 Å². The molecule has 0 aliphatic heterocycles. The standard InChI is InChI=1S/C9H13NO.C2H6/c1-7(11)8-3-5-9(2,10)6-4-8;1-2/h3-5H,6,10H2,1-2H3;1-2H3. The van der Waals surface area contributed by atoms with Gasteiger partial charge in [-0.3, -0.25) is 4.79 Å². The van der Waals surface area contributed by atoms with Gasteiger partial charge in [-0.1, -0.05) is 32.1 Å². The van der Waals surface area contributed by atoms with Gasteiger partial charge in [-0.25, -0.2) is 0 Å². The summed E-state index contributed by atoms with van der Waals surface area (Å²) >= 11 is 0. The molecule has 1 unspecified atom stereocenters. The zero-order valence-corrected chi connectivity index (χ0v) is 8.92. The van der Waals surface area contributed by atoms with E-state index in [1.807, 2.05) is 32.9 Å². The molecule has 0 spiro atoms. The van der Waals surface area contributed by atoms with Crippen LogP contribution in [0.5, 0.6) is 0 Å². The van der Waals surface area contributed by atoms with Crippen molar-refractivity contribution in [3.05, 3.63) is 23.8 Å². The Morgan fingerprint density at radius 3 is 2.38 bits per heavy atom. The Bertz CT molecular complexity index is 236. The first-order valence-electron chi connectivity index (χ1n) is 4.70. The summed E-state index contributed by atoms with van der Waals surface area (Å²) < 4.78 is 0. The van der Waals surface area contributed by atoms with Crippen LogP contribution < -0.4 is 5.73 Å². The molecule has 1 aliphatic rings. The minimum Gasteiger partial charge on any atom is -0.322 e. The highest BCUT2D eigenvalue weighted by atomic mass is 16.1. The van der Waals surface area contributed by atoms with Gasteiger partial charge in [-0.05, 0) is 20.3 Å². The molecule has 1 atom stereocenters. The maximum Gasteiger partial charge on any atom is 0.159 e. The third kappa shape index (κ3) is 4.04. The molecule has 1 aliphatic carbocycles. The van der Waals surface area contributed by atoms with Crippen molar-refractivity contribution in [2.45, 2.75) is 39.7 Å². The molecular weight excluding hydrogens is 162 g/mol. The number of carbonyl (C=O) groups excluding carboxylic acids is 1. The van der Waals surface area contributed by atoms with E-state index in [9.17, 15) is 4.79 Å². The Labute approximate surface area is 80.5 Å². The smallest absolute Gasteiger partial charge is 0.159 e. The van der Waals surface area contributed by atoms with Crippen molar-refractivity contribution >= 4 is 5.78 Å². The van der Waals surface area contributed by atoms with Crippen LogP contribution in [0.3, 0.4) is 0 Å². The maximum absolute atomic E-state index is 10.8. The molecule has 0 aromatic rings. The number of hydrogen-bond donors (Lipinski definition) is 1. The fourth-order valence-electron chi connectivity index (χ4n) is 1.01. The first-order valence-corrected chi connectivity index (χ1v) is 4.70. The number of nitrogens with two attached hydrogens (primary N) is 1. The number of rotatable bonds is 1. The Balaban J connectivity index is 0.000000671. The maximum atomic E-state index is 10.8. The first kappa shape index (κ1) is 12.1. The molecular formula is C11H19NO. The molecule has 0 heterocycles. The Hall–Kier alpha value is -0.890. The van der Waals surface area contributed by atoms with Crippen LogP contribution in [-0.2, 0) is 4.79 Å². The highest BCUT2D eigenvalue weighted by Gasteiger charge is 2.17. The first-order chi connectivity index (χ1) is 6.01. The number of Topliss-reactive ketones (excluding diaryl/α,β-unsaturated/α-hetero) is 1. The molecule has 0 saturated heterocycles. The normalized spacial score (nSPS) is 25.8. The van der Waals surface area contributed by atoms with E-state index in [4.69, 9.17) is 5.73 Å². The highest BCUT2D eigenvalue weighted by molar-refractivity contribution is 5.96. The van der Waals surface area contributed by atoms with Gasteiger partial charge >= 0.3 is 0 Å². The lowest BCUT2D eigenvalue weighted by atomic mass is 9.91. The lowest BCUT2D eigenvalue weighted by Crippen LogP contribution is -2.34. The molecule has 0 fully saturated rings. The lowest BCUT2D eigenvalue weighted by Gasteiger charge is -2.21. The van der Waals surface area contributed by atoms with Crippen LogP contribution >= 0.6 is 0 Å². The van der Waals surface area contributed by atoms with Gasteiger partial charge in [0.05, 0.1) is 0 Å². The molecule has 74 valence electrons. The van der Waals surface area contributed by atoms with Gasteiger partial charge in [0, 0.05) is 11.1 Å². The summed E-state index contributed by atoms with van der Waals surface area (Å²) in [6, 6.07) is 0. The van der Waals surface area contributed by atoms with Crippen LogP contribution in [0.15, 0.2) is 23.8 Å². The molecule has 2 N–H and O–H groups in total. The number of hydrogen-bond acceptors (Lipinski definition) is 2. The minimum atomic E-state index is -0.265. The molecule has 0 amide bonds. The van der Waals surface area contributed by atoms with Crippen LogP contribution in [0.25, 0.3) is 0 Å². The summed E-state index contributed by atoms with van der Waals surface area (Å²) in [6.45, 7) is 7.51. The fraction of sp³-hybridized carbons (Fsp3) is 0.545. The number of allylic oxidation sites excluding steroid dienone is 2. The molecule has 0 saturated carbocycles. The summed E-state index contributed by atoms with van der Waals surface area (Å²) in [5.74, 6) is 0.108. The van der Waals surface area contributed by atoms with Crippen molar-refractivity contribution in [2.24, 2.45) is 5.73 Å². The Kier molecular flexibility index (Phi) is 4.63. The summed E-state index contributed by atoms with van der Waals surface area (Å²) in [5, 5.41) is 0. The summed E-state index contributed by atoms with van der Waals surface area (Å²) in [7, 11) is 0. The molecule has 2 heteroatoms. The molecule has 1 rings (SSSR count). The van der Waals surface area contributed by atoms with E-state index in [2.05, 4.69) is 0 Å². The van der Waals surface area contributed by atoms with Crippen LogP contribution in [0.4, 0.5) is 0 Å². The molecule has 0 aromatic heterocycles. The number of ketones is 1. The van der Waals surface area contributed by atoms with Crippen molar-refractivity contribution in [1.29, 1.82) is 0 Å². The molecule has 0 aromatic carbocycles. The predicted octanol–water partition coefficient (Wildman–Crippen LogP) is 2.21. The van der Waals surface area contributed by atoms with Gasteiger partial charge in [0.25, 0.3) is 0 Å². The second-order valence-electron chi connectivity index (χ2n) is 3.26. The molecule has 0 radical (unpaired) electrons. The lowest BCUT2D eigenvalue weighted by molar-refractivity contribution is -0.113. The van der Waals surface area contributed by atoms with E-state index < -0.39 is 0 Å². The van der Waals surface area contributed by atoms with Crippen LogP contribution in [-0.4, -0.2) is 11.3 Å². The van der Waals surface area contributed by atoms with Crippen LogP contribution in [0, 0.1) is 0 Å². The van der Waals surface area contributed by atoms with E-state index >= 15 is 0 Å². The number of carbonyl (C=O) groups is 1. The van der Waals surface area contributed by atoms with E-state index in [1.165, 1.54) is 0 Å². The quantitative estimate of drug-likeness (QED) is 0.674. The van der Waals surface area contributed by atoms with Gasteiger partial charge in [0.15, 0.2) is 5.78 Å². The van der Waals surface area contributed by atoms with Crippen molar-refractivity contribution in [3.63, 3.8) is 0 Å². The third-order valence-corrected chi connectivity index (χ3v) is 1.81. The summed E-state index contributed by atoms with van der Waals surface area (Å²) in [6.07, 6.45) is 6.32. The fourth-order valence-corrected chi connectivity index (χ4v) is 1.01. The zero-order chi connectivity index (χ0) is 10.5. The van der Waals surface area contributed by atoms with Gasteiger partial charge in [0.2, 0.25) is 0 Å². The van der Waals surface area contributed by atoms with E-state index in [0.717, 1.165) is 12.0 Å².